The highest BCUT2D eigenvalue weighted by Gasteiger charge is 2.31. The second-order valence-electron chi connectivity index (χ2n) is 5.49. The largest absolute Gasteiger partial charge is 0.388 e. The lowest BCUT2D eigenvalue weighted by molar-refractivity contribution is 0.0506. The Balaban J connectivity index is 1.95. The van der Waals surface area contributed by atoms with Crippen LogP contribution < -0.4 is 10.6 Å². The minimum atomic E-state index is -0.762. The van der Waals surface area contributed by atoms with E-state index in [-0.39, 0.29) is 17.7 Å². The highest BCUT2D eigenvalue weighted by atomic mass is 35.5. The van der Waals surface area contributed by atoms with Gasteiger partial charge in [0.15, 0.2) is 5.15 Å². The number of nitrogens with one attached hydrogen (secondary N) is 2. The van der Waals surface area contributed by atoms with Gasteiger partial charge in [0, 0.05) is 12.2 Å². The fraction of sp³-hybridized carbons (Fsp3) is 0.571. The van der Waals surface area contributed by atoms with E-state index >= 15 is 0 Å². The maximum atomic E-state index is 11.9. The van der Waals surface area contributed by atoms with Gasteiger partial charge < -0.3 is 15.7 Å². The Morgan fingerprint density at radius 1 is 1.45 bits per heavy atom. The zero-order valence-electron chi connectivity index (χ0n) is 11.8. The van der Waals surface area contributed by atoms with Crippen molar-refractivity contribution in [2.75, 3.05) is 11.9 Å². The molecule has 0 atom stereocenters. The molecule has 0 saturated heterocycles. The molecule has 0 aliphatic heterocycles. The van der Waals surface area contributed by atoms with E-state index in [1.807, 2.05) is 19.9 Å². The summed E-state index contributed by atoms with van der Waals surface area (Å²) in [6, 6.07) is 1.48. The van der Waals surface area contributed by atoms with Gasteiger partial charge in [-0.25, -0.2) is 9.78 Å². The third kappa shape index (κ3) is 3.61. The van der Waals surface area contributed by atoms with Crippen LogP contribution in [0.2, 0.25) is 5.15 Å². The number of anilines is 1. The number of aliphatic hydroxyl groups is 1. The van der Waals surface area contributed by atoms with Gasteiger partial charge >= 0.3 is 6.03 Å². The lowest BCUT2D eigenvalue weighted by atomic mass is 10.0. The minimum Gasteiger partial charge on any atom is -0.388 e. The molecule has 1 aliphatic carbocycles. The summed E-state index contributed by atoms with van der Waals surface area (Å²) >= 11 is 6.03. The molecule has 1 aromatic rings. The molecule has 2 amide bonds. The van der Waals surface area contributed by atoms with Gasteiger partial charge in [0.1, 0.15) is 0 Å². The highest BCUT2D eigenvalue weighted by molar-refractivity contribution is 6.32. The van der Waals surface area contributed by atoms with Crippen molar-refractivity contribution in [2.45, 2.75) is 45.1 Å². The first-order valence-corrected chi connectivity index (χ1v) is 7.18. The summed E-state index contributed by atoms with van der Waals surface area (Å²) in [6.45, 7) is 3.97. The van der Waals surface area contributed by atoms with Crippen LogP contribution in [0.25, 0.3) is 0 Å². The number of aromatic nitrogens is 1. The van der Waals surface area contributed by atoms with Crippen molar-refractivity contribution in [3.05, 3.63) is 22.5 Å². The molecule has 1 aliphatic rings. The molecule has 6 heteroatoms. The van der Waals surface area contributed by atoms with Crippen molar-refractivity contribution >= 4 is 23.3 Å². The Morgan fingerprint density at radius 3 is 2.70 bits per heavy atom. The van der Waals surface area contributed by atoms with Crippen LogP contribution in [-0.4, -0.2) is 28.3 Å². The van der Waals surface area contributed by atoms with Crippen molar-refractivity contribution < 1.29 is 9.90 Å². The average molecular weight is 298 g/mol. The number of nitrogens with zero attached hydrogens (tertiary/aromatic N) is 1. The van der Waals surface area contributed by atoms with Gasteiger partial charge in [0.25, 0.3) is 0 Å². The van der Waals surface area contributed by atoms with Crippen LogP contribution in [0.15, 0.2) is 6.07 Å². The number of hydrogen-bond acceptors (Lipinski definition) is 3. The molecule has 20 heavy (non-hydrogen) atoms. The quantitative estimate of drug-likeness (QED) is 0.751. The Hall–Kier alpha value is -1.33. The second kappa shape index (κ2) is 5.97. The maximum absolute atomic E-state index is 11.9. The molecule has 2 rings (SSSR count). The minimum absolute atomic E-state index is 0.259. The number of carbonyl (C=O) groups is 1. The predicted molar refractivity (Wildman–Crippen MR) is 79.2 cm³/mol. The van der Waals surface area contributed by atoms with E-state index in [1.54, 1.807) is 0 Å². The Labute approximate surface area is 123 Å². The van der Waals surface area contributed by atoms with Gasteiger partial charge in [-0.2, -0.15) is 0 Å². The van der Waals surface area contributed by atoms with E-state index in [4.69, 9.17) is 11.6 Å². The number of urea groups is 1. The molecule has 0 bridgehead atoms. The van der Waals surface area contributed by atoms with E-state index in [9.17, 15) is 9.90 Å². The van der Waals surface area contributed by atoms with Crippen LogP contribution in [0.1, 0.15) is 36.9 Å². The average Bonchev–Trinajstić information content (AvgIpc) is 2.79. The van der Waals surface area contributed by atoms with Crippen molar-refractivity contribution in [1.29, 1.82) is 0 Å². The van der Waals surface area contributed by atoms with Gasteiger partial charge in [-0.3, -0.25) is 0 Å². The summed E-state index contributed by atoms with van der Waals surface area (Å²) in [5.74, 6) is 0. The Kier molecular flexibility index (Phi) is 4.50. The van der Waals surface area contributed by atoms with Crippen molar-refractivity contribution in [1.82, 2.24) is 10.3 Å². The van der Waals surface area contributed by atoms with Gasteiger partial charge in [0.2, 0.25) is 0 Å². The van der Waals surface area contributed by atoms with Gasteiger partial charge in [0.05, 0.1) is 11.3 Å². The van der Waals surface area contributed by atoms with Gasteiger partial charge in [-0.1, -0.05) is 24.4 Å². The molecule has 1 fully saturated rings. The van der Waals surface area contributed by atoms with E-state index < -0.39 is 5.60 Å². The summed E-state index contributed by atoms with van der Waals surface area (Å²) in [5, 5.41) is 15.8. The fourth-order valence-electron chi connectivity index (χ4n) is 2.55. The monoisotopic (exact) mass is 297 g/mol. The lowest BCUT2D eigenvalue weighted by Crippen LogP contribution is -2.42. The summed E-state index contributed by atoms with van der Waals surface area (Å²) in [5.41, 5.74) is 1.41. The van der Waals surface area contributed by atoms with Gasteiger partial charge in [-0.15, -0.1) is 0 Å². The predicted octanol–water partition coefficient (Wildman–Crippen LogP) is 2.78. The van der Waals surface area contributed by atoms with Crippen LogP contribution >= 0.6 is 11.6 Å². The fourth-order valence-corrected chi connectivity index (χ4v) is 2.88. The first-order chi connectivity index (χ1) is 9.39. The van der Waals surface area contributed by atoms with Crippen molar-refractivity contribution in [2.24, 2.45) is 0 Å². The summed E-state index contributed by atoms with van der Waals surface area (Å²) in [7, 11) is 0. The number of pyridine rings is 1. The second-order valence-corrected chi connectivity index (χ2v) is 5.84. The normalized spacial score (nSPS) is 17.0. The highest BCUT2D eigenvalue weighted by Crippen LogP contribution is 2.28. The molecule has 3 N–H and O–H groups in total. The van der Waals surface area contributed by atoms with Crippen LogP contribution in [0.4, 0.5) is 10.5 Å². The van der Waals surface area contributed by atoms with E-state index in [0.29, 0.717) is 5.69 Å². The molecule has 1 saturated carbocycles. The summed E-state index contributed by atoms with van der Waals surface area (Å²) in [6.07, 6.45) is 3.48. The number of carbonyl (C=O) groups excluding carboxylic acids is 1. The van der Waals surface area contributed by atoms with Crippen LogP contribution in [0.3, 0.4) is 0 Å². The van der Waals surface area contributed by atoms with Crippen molar-refractivity contribution in [3.63, 3.8) is 0 Å². The van der Waals surface area contributed by atoms with Crippen LogP contribution in [0, 0.1) is 13.8 Å². The third-order valence-corrected chi connectivity index (χ3v) is 3.92. The van der Waals surface area contributed by atoms with Crippen LogP contribution in [-0.2, 0) is 0 Å². The number of halogens is 1. The zero-order chi connectivity index (χ0) is 14.8. The molecule has 110 valence electrons. The van der Waals surface area contributed by atoms with E-state index in [0.717, 1.165) is 36.9 Å². The Bertz CT molecular complexity index is 490. The number of hydrogen-bond donors (Lipinski definition) is 3. The third-order valence-electron chi connectivity index (χ3n) is 3.65. The van der Waals surface area contributed by atoms with E-state index in [2.05, 4.69) is 15.6 Å². The zero-order valence-corrected chi connectivity index (χ0v) is 12.5. The number of aryl methyl sites for hydroxylation is 2. The first kappa shape index (κ1) is 15.1. The molecular weight excluding hydrogens is 278 g/mol. The smallest absolute Gasteiger partial charge is 0.319 e. The molecule has 0 aromatic carbocycles. The SMILES string of the molecule is Cc1cc(C)c(NC(=O)NCC2(O)CCCC2)c(Cl)n1. The number of rotatable bonds is 3. The molecule has 0 spiro atoms. The topological polar surface area (TPSA) is 74.2 Å². The van der Waals surface area contributed by atoms with Crippen molar-refractivity contribution in [3.8, 4) is 0 Å². The molecule has 0 radical (unpaired) electrons. The van der Waals surface area contributed by atoms with Gasteiger partial charge in [-0.05, 0) is 38.3 Å². The molecule has 1 aromatic heterocycles. The lowest BCUT2D eigenvalue weighted by Gasteiger charge is -2.22. The van der Waals surface area contributed by atoms with Crippen LogP contribution in [0.5, 0.6) is 0 Å². The first-order valence-electron chi connectivity index (χ1n) is 6.81. The molecule has 0 unspecified atom stereocenters. The molecule has 5 nitrogen and oxygen atoms in total. The molecular formula is C14H20ClN3O2. The molecule has 1 heterocycles. The maximum Gasteiger partial charge on any atom is 0.319 e. The standard InChI is InChI=1S/C14H20ClN3O2/c1-9-7-10(2)17-12(15)11(9)18-13(19)16-8-14(20)5-3-4-6-14/h7,20H,3-6,8H2,1-2H3,(H2,16,18,19). The Morgan fingerprint density at radius 2 is 2.10 bits per heavy atom. The summed E-state index contributed by atoms with van der Waals surface area (Å²) in [4.78, 5) is 16.0. The summed E-state index contributed by atoms with van der Waals surface area (Å²) < 4.78 is 0. The van der Waals surface area contributed by atoms with E-state index in [1.165, 1.54) is 0 Å². The number of amides is 2.